The highest BCUT2D eigenvalue weighted by Gasteiger charge is 2.31. The summed E-state index contributed by atoms with van der Waals surface area (Å²) in [6.07, 6.45) is 5.20. The minimum absolute atomic E-state index is 0.0861. The molecule has 1 saturated carbocycles. The molecule has 0 spiro atoms. The van der Waals surface area contributed by atoms with Gasteiger partial charge in [0.2, 0.25) is 0 Å². The molecule has 96 valence electrons. The van der Waals surface area contributed by atoms with E-state index in [-0.39, 0.29) is 18.3 Å². The van der Waals surface area contributed by atoms with Gasteiger partial charge in [0.1, 0.15) is 0 Å². The molecule has 1 N–H and O–H groups in total. The van der Waals surface area contributed by atoms with Crippen molar-refractivity contribution in [2.45, 2.75) is 26.2 Å². The van der Waals surface area contributed by atoms with Crippen LogP contribution in [0.15, 0.2) is 42.0 Å². The SMILES string of the molecule is C/C(=C\[C@H]1CCC[C@@H]1C(=O)c1ccccc1)CO. The number of ketones is 1. The summed E-state index contributed by atoms with van der Waals surface area (Å²) in [6.45, 7) is 2.01. The van der Waals surface area contributed by atoms with Crippen LogP contribution in [0.1, 0.15) is 36.5 Å². The second-order valence-corrected chi connectivity index (χ2v) is 5.10. The van der Waals surface area contributed by atoms with Gasteiger partial charge >= 0.3 is 0 Å². The zero-order valence-corrected chi connectivity index (χ0v) is 10.8. The number of carbonyl (C=O) groups is 1. The lowest BCUT2D eigenvalue weighted by atomic mass is 9.87. The molecule has 1 aromatic rings. The zero-order valence-electron chi connectivity index (χ0n) is 10.8. The van der Waals surface area contributed by atoms with Gasteiger partial charge in [-0.05, 0) is 25.7 Å². The number of hydrogen-bond acceptors (Lipinski definition) is 2. The predicted octanol–water partition coefficient (Wildman–Crippen LogP) is 3.22. The van der Waals surface area contributed by atoms with Crippen molar-refractivity contribution in [2.75, 3.05) is 6.61 Å². The number of benzene rings is 1. The Morgan fingerprint density at radius 3 is 2.72 bits per heavy atom. The number of hydrogen-bond donors (Lipinski definition) is 1. The first kappa shape index (κ1) is 13.0. The molecule has 1 aliphatic rings. The maximum atomic E-state index is 12.4. The Balaban J connectivity index is 2.15. The number of allylic oxidation sites excluding steroid dienone is 1. The van der Waals surface area contributed by atoms with E-state index >= 15 is 0 Å². The number of Topliss-reactive ketones (excluding diaryl/α,β-unsaturated/α-hetero) is 1. The van der Waals surface area contributed by atoms with Gasteiger partial charge in [-0.15, -0.1) is 0 Å². The average molecular weight is 244 g/mol. The molecule has 0 aromatic heterocycles. The lowest BCUT2D eigenvalue weighted by molar-refractivity contribution is 0.0904. The van der Waals surface area contributed by atoms with Crippen molar-refractivity contribution < 1.29 is 9.90 Å². The first-order valence-corrected chi connectivity index (χ1v) is 6.60. The molecule has 2 rings (SSSR count). The molecule has 0 bridgehead atoms. The van der Waals surface area contributed by atoms with Gasteiger partial charge in [0.05, 0.1) is 6.61 Å². The third-order valence-corrected chi connectivity index (χ3v) is 3.71. The molecule has 0 heterocycles. The van der Waals surface area contributed by atoms with Gasteiger partial charge in [-0.3, -0.25) is 4.79 Å². The quantitative estimate of drug-likeness (QED) is 0.652. The minimum atomic E-state index is 0.0861. The molecule has 0 unspecified atom stereocenters. The van der Waals surface area contributed by atoms with Gasteiger partial charge < -0.3 is 5.11 Å². The summed E-state index contributed by atoms with van der Waals surface area (Å²) < 4.78 is 0. The predicted molar refractivity (Wildman–Crippen MR) is 72.4 cm³/mol. The van der Waals surface area contributed by atoms with E-state index in [0.717, 1.165) is 30.4 Å². The molecule has 0 aliphatic heterocycles. The summed E-state index contributed by atoms with van der Waals surface area (Å²) in [5.74, 6) is 0.638. The smallest absolute Gasteiger partial charge is 0.166 e. The number of carbonyl (C=O) groups excluding carboxylic acids is 1. The molecule has 1 aromatic carbocycles. The number of aliphatic hydroxyl groups is 1. The van der Waals surface area contributed by atoms with Crippen LogP contribution < -0.4 is 0 Å². The highest BCUT2D eigenvalue weighted by Crippen LogP contribution is 2.35. The van der Waals surface area contributed by atoms with Crippen molar-refractivity contribution in [3.8, 4) is 0 Å². The van der Waals surface area contributed by atoms with Crippen molar-refractivity contribution in [1.29, 1.82) is 0 Å². The van der Waals surface area contributed by atoms with Crippen molar-refractivity contribution in [3.63, 3.8) is 0 Å². The Hall–Kier alpha value is -1.41. The molecule has 0 saturated heterocycles. The summed E-state index contributed by atoms with van der Waals surface area (Å²) in [7, 11) is 0. The van der Waals surface area contributed by atoms with Gasteiger partial charge in [0.15, 0.2) is 5.78 Å². The van der Waals surface area contributed by atoms with Gasteiger partial charge in [0.25, 0.3) is 0 Å². The lowest BCUT2D eigenvalue weighted by Gasteiger charge is -2.16. The van der Waals surface area contributed by atoms with E-state index in [0.29, 0.717) is 5.92 Å². The van der Waals surface area contributed by atoms with E-state index in [1.165, 1.54) is 0 Å². The van der Waals surface area contributed by atoms with Gasteiger partial charge in [-0.25, -0.2) is 0 Å². The molecule has 2 nitrogen and oxygen atoms in total. The van der Waals surface area contributed by atoms with Crippen molar-refractivity contribution in [3.05, 3.63) is 47.5 Å². The van der Waals surface area contributed by atoms with Gasteiger partial charge in [-0.2, -0.15) is 0 Å². The van der Waals surface area contributed by atoms with E-state index in [9.17, 15) is 4.79 Å². The maximum Gasteiger partial charge on any atom is 0.166 e. The highest BCUT2D eigenvalue weighted by molar-refractivity contribution is 5.98. The Bertz CT molecular complexity index is 434. The summed E-state index contributed by atoms with van der Waals surface area (Å²) in [5, 5.41) is 9.08. The molecule has 1 aliphatic carbocycles. The number of rotatable bonds is 4. The van der Waals surface area contributed by atoms with Crippen LogP contribution in [0.3, 0.4) is 0 Å². The lowest BCUT2D eigenvalue weighted by Crippen LogP contribution is -2.18. The second-order valence-electron chi connectivity index (χ2n) is 5.10. The van der Waals surface area contributed by atoms with E-state index in [2.05, 4.69) is 6.08 Å². The van der Waals surface area contributed by atoms with Crippen LogP contribution in [-0.4, -0.2) is 17.5 Å². The van der Waals surface area contributed by atoms with Crippen LogP contribution in [0, 0.1) is 11.8 Å². The number of aliphatic hydroxyl groups excluding tert-OH is 1. The Kier molecular flexibility index (Phi) is 4.32. The first-order chi connectivity index (χ1) is 8.72. The van der Waals surface area contributed by atoms with Crippen LogP contribution in [0.4, 0.5) is 0 Å². The molecule has 18 heavy (non-hydrogen) atoms. The van der Waals surface area contributed by atoms with Crippen LogP contribution in [0.25, 0.3) is 0 Å². The first-order valence-electron chi connectivity index (χ1n) is 6.60. The summed E-state index contributed by atoms with van der Waals surface area (Å²) in [4.78, 5) is 12.4. The Morgan fingerprint density at radius 1 is 1.33 bits per heavy atom. The van der Waals surface area contributed by atoms with Crippen molar-refractivity contribution >= 4 is 5.78 Å². The van der Waals surface area contributed by atoms with Crippen LogP contribution in [0.2, 0.25) is 0 Å². The summed E-state index contributed by atoms with van der Waals surface area (Å²) in [5.41, 5.74) is 1.78. The molecular weight excluding hydrogens is 224 g/mol. The Labute approximate surface area is 108 Å². The Morgan fingerprint density at radius 2 is 2.06 bits per heavy atom. The highest BCUT2D eigenvalue weighted by atomic mass is 16.3. The summed E-state index contributed by atoms with van der Waals surface area (Å²) in [6, 6.07) is 9.53. The molecule has 0 amide bonds. The van der Waals surface area contributed by atoms with Crippen LogP contribution in [0.5, 0.6) is 0 Å². The van der Waals surface area contributed by atoms with Crippen LogP contribution >= 0.6 is 0 Å². The van der Waals surface area contributed by atoms with Crippen molar-refractivity contribution in [1.82, 2.24) is 0 Å². The molecule has 0 radical (unpaired) electrons. The van der Waals surface area contributed by atoms with E-state index in [4.69, 9.17) is 5.11 Å². The fourth-order valence-corrected chi connectivity index (χ4v) is 2.75. The molecule has 2 atom stereocenters. The zero-order chi connectivity index (χ0) is 13.0. The van der Waals surface area contributed by atoms with Gasteiger partial charge in [0, 0.05) is 11.5 Å². The standard InChI is InChI=1S/C16H20O2/c1-12(11-17)10-14-8-5-9-15(14)16(18)13-6-3-2-4-7-13/h2-4,6-7,10,14-15,17H,5,8-9,11H2,1H3/b12-10+/t14-,15+/m1/s1. The monoisotopic (exact) mass is 244 g/mol. The fourth-order valence-electron chi connectivity index (χ4n) is 2.75. The topological polar surface area (TPSA) is 37.3 Å². The summed E-state index contributed by atoms with van der Waals surface area (Å²) >= 11 is 0. The third kappa shape index (κ3) is 2.88. The van der Waals surface area contributed by atoms with E-state index in [1.807, 2.05) is 37.3 Å². The third-order valence-electron chi connectivity index (χ3n) is 3.71. The fraction of sp³-hybridized carbons (Fsp3) is 0.438. The van der Waals surface area contributed by atoms with E-state index in [1.54, 1.807) is 0 Å². The van der Waals surface area contributed by atoms with E-state index < -0.39 is 0 Å². The largest absolute Gasteiger partial charge is 0.392 e. The maximum absolute atomic E-state index is 12.4. The molecule has 1 fully saturated rings. The second kappa shape index (κ2) is 5.96. The average Bonchev–Trinajstić information content (AvgIpc) is 2.86. The minimum Gasteiger partial charge on any atom is -0.392 e. The molecule has 2 heteroatoms. The normalized spacial score (nSPS) is 24.2. The van der Waals surface area contributed by atoms with Crippen molar-refractivity contribution in [2.24, 2.45) is 11.8 Å². The molecular formula is C16H20O2. The van der Waals surface area contributed by atoms with Gasteiger partial charge in [-0.1, -0.05) is 48.4 Å². The van der Waals surface area contributed by atoms with Crippen LogP contribution in [-0.2, 0) is 0 Å².